The number of hydrogen-bond acceptors (Lipinski definition) is 7. The van der Waals surface area contributed by atoms with Crippen molar-refractivity contribution in [2.75, 3.05) is 0 Å². The van der Waals surface area contributed by atoms with E-state index in [1.165, 1.54) is 24.3 Å². The Kier molecular flexibility index (Phi) is 5.87. The minimum atomic E-state index is -0.389. The van der Waals surface area contributed by atoms with Gasteiger partial charge in [-0.15, -0.1) is 0 Å². The molecular formula is C27H25N8O3+. The minimum absolute atomic E-state index is 0.125. The maximum absolute atomic E-state index is 13.1. The number of oxazole rings is 1. The number of benzene rings is 2. The number of amides is 2. The molecular weight excluding hydrogens is 484 g/mol. The van der Waals surface area contributed by atoms with E-state index in [0.717, 1.165) is 52.0 Å². The predicted molar refractivity (Wildman–Crippen MR) is 136 cm³/mol. The van der Waals surface area contributed by atoms with Crippen LogP contribution in [0.4, 0.5) is 0 Å². The fourth-order valence-corrected chi connectivity index (χ4v) is 4.97. The van der Waals surface area contributed by atoms with E-state index in [1.54, 1.807) is 6.39 Å². The Hall–Kier alpha value is -4.93. The first-order valence-corrected chi connectivity index (χ1v) is 12.2. The van der Waals surface area contributed by atoms with Gasteiger partial charge in [-0.1, -0.05) is 18.2 Å². The number of aromatic amines is 1. The smallest absolute Gasteiger partial charge is 0.335 e. The Bertz CT molecular complexity index is 1680. The highest BCUT2D eigenvalue weighted by Crippen LogP contribution is 2.37. The third-order valence-corrected chi connectivity index (χ3v) is 7.00. The molecule has 3 N–H and O–H groups in total. The molecule has 6 rings (SSSR count). The van der Waals surface area contributed by atoms with E-state index in [9.17, 15) is 9.59 Å². The van der Waals surface area contributed by atoms with Gasteiger partial charge >= 0.3 is 6.39 Å². The number of hydrogen-bond donors (Lipinski definition) is 3. The Morgan fingerprint density at radius 2 is 1.92 bits per heavy atom. The van der Waals surface area contributed by atoms with Gasteiger partial charge in [0.25, 0.3) is 17.3 Å². The fraction of sp³-hybridized carbons (Fsp3) is 0.222. The lowest BCUT2D eigenvalue weighted by atomic mass is 9.97. The van der Waals surface area contributed by atoms with Gasteiger partial charge < -0.3 is 15.1 Å². The lowest BCUT2D eigenvalue weighted by Gasteiger charge is -2.15. The molecule has 11 heteroatoms. The second kappa shape index (κ2) is 9.51. The Morgan fingerprint density at radius 3 is 2.74 bits per heavy atom. The van der Waals surface area contributed by atoms with E-state index in [0.29, 0.717) is 6.54 Å². The second-order valence-corrected chi connectivity index (χ2v) is 9.31. The predicted octanol–water partition coefficient (Wildman–Crippen LogP) is 2.49. The van der Waals surface area contributed by atoms with Crippen LogP contribution < -0.4 is 15.2 Å². The summed E-state index contributed by atoms with van der Waals surface area (Å²) in [4.78, 5) is 38.3. The van der Waals surface area contributed by atoms with Crippen molar-refractivity contribution in [1.29, 1.82) is 0 Å². The lowest BCUT2D eigenvalue weighted by Crippen LogP contribution is -2.29. The first-order chi connectivity index (χ1) is 18.5. The first kappa shape index (κ1) is 23.5. The molecule has 38 heavy (non-hydrogen) atoms. The number of aromatic nitrogens is 6. The van der Waals surface area contributed by atoms with Gasteiger partial charge in [-0.2, -0.15) is 9.67 Å². The Morgan fingerprint density at radius 1 is 1.08 bits per heavy atom. The maximum Gasteiger partial charge on any atom is 0.335 e. The maximum atomic E-state index is 13.1. The summed E-state index contributed by atoms with van der Waals surface area (Å²) in [5, 5.41) is 12.8. The van der Waals surface area contributed by atoms with Crippen molar-refractivity contribution in [1.82, 2.24) is 35.8 Å². The molecule has 2 aromatic carbocycles. The average molecular weight is 510 g/mol. The monoisotopic (exact) mass is 509 g/mol. The number of rotatable bonds is 6. The normalized spacial score (nSPS) is 14.4. The molecule has 3 heterocycles. The highest BCUT2D eigenvalue weighted by molar-refractivity contribution is 5.97. The van der Waals surface area contributed by atoms with Crippen LogP contribution in [0.3, 0.4) is 0 Å². The third kappa shape index (κ3) is 4.27. The first-order valence-electron chi connectivity index (χ1n) is 12.2. The van der Waals surface area contributed by atoms with Gasteiger partial charge in [-0.25, -0.2) is 15.0 Å². The number of carbonyl (C=O) groups excluding carboxylic acids is 2. The van der Waals surface area contributed by atoms with Gasteiger partial charge in [0.1, 0.15) is 31.1 Å². The molecule has 190 valence electrons. The van der Waals surface area contributed by atoms with Crippen LogP contribution >= 0.6 is 0 Å². The van der Waals surface area contributed by atoms with E-state index in [4.69, 9.17) is 4.42 Å². The van der Waals surface area contributed by atoms with Crippen LogP contribution in [0.15, 0.2) is 59.9 Å². The summed E-state index contributed by atoms with van der Waals surface area (Å²) in [6.07, 6.45) is 5.97. The molecule has 11 nitrogen and oxygen atoms in total. The molecule has 0 bridgehead atoms. The third-order valence-electron chi connectivity index (χ3n) is 7.00. The highest BCUT2D eigenvalue weighted by atomic mass is 16.3. The molecule has 0 radical (unpaired) electrons. The van der Waals surface area contributed by atoms with Gasteiger partial charge in [0.15, 0.2) is 5.82 Å². The van der Waals surface area contributed by atoms with E-state index in [2.05, 4.69) is 42.7 Å². The summed E-state index contributed by atoms with van der Waals surface area (Å²) in [5.41, 5.74) is 7.27. The highest BCUT2D eigenvalue weighted by Gasteiger charge is 2.27. The molecule has 1 aliphatic rings. The van der Waals surface area contributed by atoms with E-state index < -0.39 is 0 Å². The molecule has 1 aliphatic carbocycles. The number of carbonyl (C=O) groups is 2. The number of aryl methyl sites for hydroxylation is 1. The van der Waals surface area contributed by atoms with Crippen molar-refractivity contribution >= 4 is 22.9 Å². The van der Waals surface area contributed by atoms with E-state index >= 15 is 0 Å². The van der Waals surface area contributed by atoms with Crippen LogP contribution in [0, 0.1) is 6.92 Å². The number of fused-ring (bicyclic) bond motifs is 2. The van der Waals surface area contributed by atoms with Crippen LogP contribution in [-0.4, -0.2) is 37.0 Å². The zero-order chi connectivity index (χ0) is 26.2. The summed E-state index contributed by atoms with van der Waals surface area (Å²) in [5.74, 6) is -0.0188. The minimum Gasteiger partial charge on any atom is -0.404 e. The quantitative estimate of drug-likeness (QED) is 0.299. The van der Waals surface area contributed by atoms with E-state index in [-0.39, 0.29) is 29.2 Å². The standard InChI is InChI=1S/C27H24N8O3/c1-15-17-6-7-20(19(17)5-4-18(15)25-31-13-32-34-25)33-27(37)22-10-21(29-12-30-22)26(36)28-11-16-3-8-24-23(9-16)35(2)14-38-24/h3-5,8-10,12-14,20H,6-7,11H2,1-2H3,(H2-,28,31,32,33,34,36,37)/p+1/t20-/m0/s1. The molecule has 0 unspecified atom stereocenters. The molecule has 0 fully saturated rings. The largest absolute Gasteiger partial charge is 0.404 e. The van der Waals surface area contributed by atoms with Gasteiger partial charge in [-0.3, -0.25) is 14.7 Å². The van der Waals surface area contributed by atoms with Crippen LogP contribution in [0.25, 0.3) is 22.5 Å². The molecule has 0 spiro atoms. The number of H-pyrrole nitrogens is 1. The molecule has 3 aromatic heterocycles. The van der Waals surface area contributed by atoms with Gasteiger partial charge in [0, 0.05) is 24.2 Å². The Labute approximate surface area is 217 Å². The fourth-order valence-electron chi connectivity index (χ4n) is 4.97. The number of nitrogens with one attached hydrogen (secondary N) is 3. The summed E-state index contributed by atoms with van der Waals surface area (Å²) in [6.45, 7) is 2.36. The Balaban J connectivity index is 1.13. The van der Waals surface area contributed by atoms with Crippen LogP contribution in [0.5, 0.6) is 0 Å². The molecule has 0 saturated carbocycles. The average Bonchev–Trinajstić information content (AvgIpc) is 3.69. The van der Waals surface area contributed by atoms with Crippen molar-refractivity contribution in [2.24, 2.45) is 7.05 Å². The second-order valence-electron chi connectivity index (χ2n) is 9.31. The summed E-state index contributed by atoms with van der Waals surface area (Å²) in [6, 6.07) is 11.0. The zero-order valence-corrected chi connectivity index (χ0v) is 20.9. The zero-order valence-electron chi connectivity index (χ0n) is 20.9. The molecule has 5 aromatic rings. The summed E-state index contributed by atoms with van der Waals surface area (Å²) < 4.78 is 7.31. The summed E-state index contributed by atoms with van der Waals surface area (Å²) >= 11 is 0. The number of nitrogens with zero attached hydrogens (tertiary/aromatic N) is 5. The molecule has 0 aliphatic heterocycles. The molecule has 1 atom stereocenters. The van der Waals surface area contributed by atoms with Crippen molar-refractivity contribution in [3.8, 4) is 11.4 Å². The van der Waals surface area contributed by atoms with Crippen molar-refractivity contribution < 1.29 is 18.6 Å². The van der Waals surface area contributed by atoms with Gasteiger partial charge in [0.05, 0.1) is 6.04 Å². The van der Waals surface area contributed by atoms with Crippen LogP contribution in [0.1, 0.15) is 55.7 Å². The van der Waals surface area contributed by atoms with E-state index in [1.807, 2.05) is 41.9 Å². The molecule has 0 saturated heterocycles. The van der Waals surface area contributed by atoms with Crippen molar-refractivity contribution in [3.05, 3.63) is 89.1 Å². The van der Waals surface area contributed by atoms with Gasteiger partial charge in [-0.05, 0) is 48.1 Å². The topological polar surface area (TPSA) is 143 Å². The summed E-state index contributed by atoms with van der Waals surface area (Å²) in [7, 11) is 1.89. The van der Waals surface area contributed by atoms with Crippen molar-refractivity contribution in [3.63, 3.8) is 0 Å². The van der Waals surface area contributed by atoms with Crippen LogP contribution in [0.2, 0.25) is 0 Å². The van der Waals surface area contributed by atoms with Gasteiger partial charge in [0.2, 0.25) is 5.58 Å². The molecule has 2 amide bonds. The van der Waals surface area contributed by atoms with Crippen LogP contribution in [-0.2, 0) is 20.0 Å². The SMILES string of the molecule is Cc1c(-c2ncn[nH]2)ccc2c1CC[C@@H]2NC(=O)c1cc(C(=O)NCc2ccc3oc[n+](C)c3c2)ncn1. The van der Waals surface area contributed by atoms with Crippen molar-refractivity contribution in [2.45, 2.75) is 32.4 Å². The lowest BCUT2D eigenvalue weighted by molar-refractivity contribution is -0.650.